The van der Waals surface area contributed by atoms with Crippen molar-refractivity contribution in [2.24, 2.45) is 0 Å². The number of benzene rings is 1. The maximum Gasteiger partial charge on any atom is 0.416 e. The summed E-state index contributed by atoms with van der Waals surface area (Å²) in [5.41, 5.74) is 2.35. The number of likely N-dealkylation sites (tertiary alicyclic amines) is 1. The van der Waals surface area contributed by atoms with E-state index >= 15 is 0 Å². The highest BCUT2D eigenvalue weighted by molar-refractivity contribution is 5.96. The Morgan fingerprint density at radius 3 is 2.08 bits per heavy atom. The number of carbonyl (C=O) groups excluding carboxylic acids is 1. The van der Waals surface area contributed by atoms with Crippen LogP contribution in [0.4, 0.5) is 13.2 Å². The molecule has 4 rings (SSSR count). The minimum absolute atomic E-state index is 0.0115. The lowest BCUT2D eigenvalue weighted by Crippen LogP contribution is -2.61. The van der Waals surface area contributed by atoms with Crippen LogP contribution in [-0.4, -0.2) is 89.1 Å². The molecule has 0 aliphatic carbocycles. The fourth-order valence-corrected chi connectivity index (χ4v) is 5.32. The lowest BCUT2D eigenvalue weighted by Gasteiger charge is -2.51. The lowest BCUT2D eigenvalue weighted by molar-refractivity contribution is -0.137. The number of hydrogen-bond donors (Lipinski definition) is 0. The van der Waals surface area contributed by atoms with Crippen LogP contribution < -0.4 is 0 Å². The number of halogens is 3. The maximum absolute atomic E-state index is 13.1. The zero-order valence-corrected chi connectivity index (χ0v) is 23.3. The van der Waals surface area contributed by atoms with Crippen LogP contribution in [0.3, 0.4) is 0 Å². The summed E-state index contributed by atoms with van der Waals surface area (Å²) in [5, 5.41) is 0. The lowest BCUT2D eigenvalue weighted by atomic mass is 9.86. The summed E-state index contributed by atoms with van der Waals surface area (Å²) in [6.45, 7) is 12.9. The number of piperazine rings is 1. The molecule has 2 aromatic rings. The Labute approximate surface area is 224 Å². The van der Waals surface area contributed by atoms with E-state index in [4.69, 9.17) is 0 Å². The average Bonchev–Trinajstić information content (AvgIpc) is 2.86. The zero-order valence-electron chi connectivity index (χ0n) is 23.3. The van der Waals surface area contributed by atoms with E-state index in [1.165, 1.54) is 6.33 Å². The van der Waals surface area contributed by atoms with Crippen LogP contribution in [-0.2, 0) is 17.5 Å². The molecular formula is C28H40F3N5O2. The van der Waals surface area contributed by atoms with Crippen molar-refractivity contribution in [3.63, 3.8) is 0 Å². The van der Waals surface area contributed by atoms with Crippen molar-refractivity contribution < 1.29 is 22.7 Å². The second kappa shape index (κ2) is 12.5. The number of ether oxygens (including phenoxy) is 1. The van der Waals surface area contributed by atoms with E-state index in [1.54, 1.807) is 26.4 Å². The topological polar surface area (TPSA) is 61.8 Å². The van der Waals surface area contributed by atoms with Crippen LogP contribution in [0.25, 0.3) is 0 Å². The first-order chi connectivity index (χ1) is 17.9. The van der Waals surface area contributed by atoms with E-state index in [0.29, 0.717) is 36.6 Å². The molecule has 0 radical (unpaired) electrons. The molecule has 1 amide bonds. The summed E-state index contributed by atoms with van der Waals surface area (Å²) in [6, 6.07) is 5.77. The Hall–Kier alpha value is -2.56. The summed E-state index contributed by atoms with van der Waals surface area (Å²) >= 11 is 0. The first-order valence-electron chi connectivity index (χ1n) is 13.0. The van der Waals surface area contributed by atoms with E-state index in [-0.39, 0.29) is 17.5 Å². The monoisotopic (exact) mass is 535 g/mol. The number of carbonyl (C=O) groups is 1. The molecule has 2 saturated heterocycles. The van der Waals surface area contributed by atoms with Crippen molar-refractivity contribution in [3.05, 3.63) is 58.7 Å². The Balaban J connectivity index is 0.00000127. The number of amides is 1. The van der Waals surface area contributed by atoms with Gasteiger partial charge in [0.15, 0.2) is 0 Å². The van der Waals surface area contributed by atoms with E-state index in [2.05, 4.69) is 38.4 Å². The second-order valence-electron chi connectivity index (χ2n) is 10.6. The van der Waals surface area contributed by atoms with Crippen LogP contribution in [0.1, 0.15) is 59.6 Å². The number of hydrogen-bond acceptors (Lipinski definition) is 6. The van der Waals surface area contributed by atoms with Crippen LogP contribution in [0.2, 0.25) is 0 Å². The minimum atomic E-state index is -4.31. The zero-order chi connectivity index (χ0) is 28.1. The van der Waals surface area contributed by atoms with Gasteiger partial charge in [0.2, 0.25) is 0 Å². The Bertz CT molecular complexity index is 1050. The molecule has 0 N–H and O–H groups in total. The van der Waals surface area contributed by atoms with Crippen molar-refractivity contribution in [2.75, 3.05) is 46.9 Å². The molecule has 38 heavy (non-hydrogen) atoms. The average molecular weight is 536 g/mol. The summed E-state index contributed by atoms with van der Waals surface area (Å²) in [6.07, 6.45) is -1.01. The van der Waals surface area contributed by atoms with Gasteiger partial charge in [0.25, 0.3) is 5.91 Å². The summed E-state index contributed by atoms with van der Waals surface area (Å²) in [4.78, 5) is 28.3. The van der Waals surface area contributed by atoms with E-state index in [0.717, 1.165) is 50.2 Å². The molecular weight excluding hydrogens is 495 g/mol. The van der Waals surface area contributed by atoms with Gasteiger partial charge in [-0.1, -0.05) is 12.1 Å². The summed E-state index contributed by atoms with van der Waals surface area (Å²) in [5.74, 6) is 0.0115. The highest BCUT2D eigenvalue weighted by Crippen LogP contribution is 2.33. The number of alkyl halides is 3. The van der Waals surface area contributed by atoms with Gasteiger partial charge >= 0.3 is 6.18 Å². The van der Waals surface area contributed by atoms with Crippen molar-refractivity contribution >= 4 is 5.91 Å². The fraction of sp³-hybridized carbons (Fsp3) is 0.607. The standard InChI is InChI=1S/C26H34F3N5O.C2H6O/c1-18-15-34(14-13-33(18)16-21-5-7-22(8-6-21)26(27,28)29)25(4)9-11-32(12-10-25)24(35)23-19(2)30-17-31-20(23)3;1-3-2/h5-8,17-18H,9-16H2,1-4H3;1-2H3/t18-;/m0./s1. The minimum Gasteiger partial charge on any atom is -0.388 e. The van der Waals surface area contributed by atoms with Crippen molar-refractivity contribution in [1.29, 1.82) is 0 Å². The van der Waals surface area contributed by atoms with Gasteiger partial charge in [0.05, 0.1) is 22.5 Å². The molecule has 7 nitrogen and oxygen atoms in total. The molecule has 0 saturated carbocycles. The van der Waals surface area contributed by atoms with Crippen LogP contribution >= 0.6 is 0 Å². The van der Waals surface area contributed by atoms with Gasteiger partial charge in [-0.15, -0.1) is 0 Å². The molecule has 1 atom stereocenters. The van der Waals surface area contributed by atoms with Gasteiger partial charge in [0, 0.05) is 65.1 Å². The molecule has 1 aromatic heterocycles. The maximum atomic E-state index is 13.1. The number of rotatable bonds is 4. The Morgan fingerprint density at radius 2 is 1.58 bits per heavy atom. The van der Waals surface area contributed by atoms with Gasteiger partial charge in [-0.05, 0) is 58.2 Å². The molecule has 3 heterocycles. The molecule has 1 aromatic carbocycles. The molecule has 10 heteroatoms. The van der Waals surface area contributed by atoms with E-state index in [1.807, 2.05) is 18.7 Å². The normalized spacial score (nSPS) is 20.6. The number of nitrogens with zero attached hydrogens (tertiary/aromatic N) is 5. The number of aromatic nitrogens is 2. The molecule has 0 bridgehead atoms. The van der Waals surface area contributed by atoms with Gasteiger partial charge in [-0.2, -0.15) is 13.2 Å². The fourth-order valence-electron chi connectivity index (χ4n) is 5.32. The van der Waals surface area contributed by atoms with Gasteiger partial charge in [-0.3, -0.25) is 14.6 Å². The summed E-state index contributed by atoms with van der Waals surface area (Å²) in [7, 11) is 3.25. The molecule has 0 unspecified atom stereocenters. The highest BCUT2D eigenvalue weighted by atomic mass is 19.4. The largest absolute Gasteiger partial charge is 0.416 e. The highest BCUT2D eigenvalue weighted by Gasteiger charge is 2.40. The van der Waals surface area contributed by atoms with E-state index < -0.39 is 11.7 Å². The quantitative estimate of drug-likeness (QED) is 0.572. The molecule has 2 aliphatic rings. The predicted molar refractivity (Wildman–Crippen MR) is 141 cm³/mol. The molecule has 2 aliphatic heterocycles. The van der Waals surface area contributed by atoms with Gasteiger partial charge < -0.3 is 9.64 Å². The second-order valence-corrected chi connectivity index (χ2v) is 10.6. The van der Waals surface area contributed by atoms with Gasteiger partial charge in [0.1, 0.15) is 6.33 Å². The first kappa shape index (κ1) is 30.0. The third-order valence-electron chi connectivity index (χ3n) is 7.76. The predicted octanol–water partition coefficient (Wildman–Crippen LogP) is 4.58. The number of piperidine rings is 1. The van der Waals surface area contributed by atoms with Crippen LogP contribution in [0, 0.1) is 13.8 Å². The smallest absolute Gasteiger partial charge is 0.388 e. The van der Waals surface area contributed by atoms with Crippen molar-refractivity contribution in [3.8, 4) is 0 Å². The summed E-state index contributed by atoms with van der Waals surface area (Å²) < 4.78 is 42.8. The molecule has 0 spiro atoms. The Kier molecular flexibility index (Phi) is 9.89. The third-order valence-corrected chi connectivity index (χ3v) is 7.76. The van der Waals surface area contributed by atoms with E-state index in [9.17, 15) is 18.0 Å². The van der Waals surface area contributed by atoms with Crippen molar-refractivity contribution in [2.45, 2.75) is 64.8 Å². The van der Waals surface area contributed by atoms with Crippen LogP contribution in [0.5, 0.6) is 0 Å². The SMILES string of the molecule is COC.Cc1ncnc(C)c1C(=O)N1CCC(C)(N2CCN(Cc3ccc(C(F)(F)F)cc3)[C@@H](C)C2)CC1. The van der Waals surface area contributed by atoms with Crippen molar-refractivity contribution in [1.82, 2.24) is 24.7 Å². The molecule has 2 fully saturated rings. The number of aryl methyl sites for hydroxylation is 2. The first-order valence-corrected chi connectivity index (χ1v) is 13.0. The third kappa shape index (κ3) is 7.09. The Morgan fingerprint density at radius 1 is 1.03 bits per heavy atom. The number of methoxy groups -OCH3 is 1. The van der Waals surface area contributed by atoms with Crippen LogP contribution in [0.15, 0.2) is 30.6 Å². The van der Waals surface area contributed by atoms with Gasteiger partial charge in [-0.25, -0.2) is 9.97 Å². The molecule has 210 valence electrons.